The molecule has 6 heteroatoms. The van der Waals surface area contributed by atoms with Crippen molar-refractivity contribution in [3.05, 3.63) is 21.9 Å². The van der Waals surface area contributed by atoms with Crippen LogP contribution >= 0.6 is 0 Å². The van der Waals surface area contributed by atoms with E-state index in [1.807, 2.05) is 0 Å². The molecule has 13 heavy (non-hydrogen) atoms. The molecule has 6 nitrogen and oxygen atoms in total. The Bertz CT molecular complexity index is 342. The summed E-state index contributed by atoms with van der Waals surface area (Å²) in [4.78, 5) is 9.81. The van der Waals surface area contributed by atoms with Gasteiger partial charge in [-0.15, -0.1) is 5.10 Å². The van der Waals surface area contributed by atoms with E-state index >= 15 is 0 Å². The number of nitrogens with two attached hydrogens (primary N) is 1. The van der Waals surface area contributed by atoms with Gasteiger partial charge in [-0.05, 0) is 17.8 Å². The Labute approximate surface area is 74.3 Å². The van der Waals surface area contributed by atoms with Crippen molar-refractivity contribution in [3.8, 4) is 0 Å². The molecule has 0 amide bonds. The van der Waals surface area contributed by atoms with Gasteiger partial charge in [0.15, 0.2) is 0 Å². The quantitative estimate of drug-likeness (QED) is 0.520. The molecule has 0 unspecified atom stereocenters. The number of aromatic amines is 1. The van der Waals surface area contributed by atoms with Crippen molar-refractivity contribution in [1.82, 2.24) is 10.2 Å². The SMILES string of the molecule is NC1(Cc2cc([N+](=O)[O-])[nH]n2)CC1. The standard InChI is InChI=1S/C7H10N4O2/c8-7(1-2-7)4-5-3-6(10-9-5)11(12)13/h3H,1-2,4,8H2,(H,9,10). The number of H-pyrrole nitrogens is 1. The van der Waals surface area contributed by atoms with Crippen LogP contribution in [0.25, 0.3) is 0 Å². The fourth-order valence-electron chi connectivity index (χ4n) is 1.23. The zero-order valence-electron chi connectivity index (χ0n) is 6.99. The van der Waals surface area contributed by atoms with Crippen LogP contribution in [0.3, 0.4) is 0 Å². The fraction of sp³-hybridized carbons (Fsp3) is 0.571. The highest BCUT2D eigenvalue weighted by Crippen LogP contribution is 2.35. The monoisotopic (exact) mass is 182 g/mol. The summed E-state index contributed by atoms with van der Waals surface area (Å²) < 4.78 is 0. The molecule has 0 spiro atoms. The summed E-state index contributed by atoms with van der Waals surface area (Å²) in [6.45, 7) is 0. The van der Waals surface area contributed by atoms with E-state index in [1.165, 1.54) is 6.07 Å². The normalized spacial score (nSPS) is 18.5. The molecule has 1 aromatic heterocycles. The molecular formula is C7H10N4O2. The highest BCUT2D eigenvalue weighted by molar-refractivity contribution is 5.23. The highest BCUT2D eigenvalue weighted by Gasteiger charge is 2.39. The van der Waals surface area contributed by atoms with Crippen LogP contribution in [0.4, 0.5) is 5.82 Å². The fourth-order valence-corrected chi connectivity index (χ4v) is 1.23. The van der Waals surface area contributed by atoms with Crippen LogP contribution in [0, 0.1) is 10.1 Å². The summed E-state index contributed by atoms with van der Waals surface area (Å²) in [5.41, 5.74) is 6.36. The van der Waals surface area contributed by atoms with Gasteiger partial charge in [0, 0.05) is 12.0 Å². The Morgan fingerprint density at radius 2 is 2.46 bits per heavy atom. The Morgan fingerprint density at radius 1 is 1.77 bits per heavy atom. The molecule has 1 aliphatic carbocycles. The lowest BCUT2D eigenvalue weighted by Crippen LogP contribution is -2.24. The van der Waals surface area contributed by atoms with Gasteiger partial charge in [0.1, 0.15) is 0 Å². The Kier molecular flexibility index (Phi) is 1.59. The van der Waals surface area contributed by atoms with Gasteiger partial charge in [0.05, 0.1) is 11.8 Å². The lowest BCUT2D eigenvalue weighted by atomic mass is 10.1. The van der Waals surface area contributed by atoms with E-state index in [4.69, 9.17) is 5.73 Å². The largest absolute Gasteiger partial charge is 0.358 e. The van der Waals surface area contributed by atoms with Crippen molar-refractivity contribution in [2.75, 3.05) is 0 Å². The van der Waals surface area contributed by atoms with Gasteiger partial charge in [0.25, 0.3) is 0 Å². The first-order valence-corrected chi connectivity index (χ1v) is 4.07. The Balaban J connectivity index is 2.09. The zero-order valence-corrected chi connectivity index (χ0v) is 6.99. The molecular weight excluding hydrogens is 172 g/mol. The molecule has 1 aliphatic rings. The first-order chi connectivity index (χ1) is 6.09. The van der Waals surface area contributed by atoms with Gasteiger partial charge in [-0.1, -0.05) is 5.10 Å². The van der Waals surface area contributed by atoms with Crippen LogP contribution in [0.15, 0.2) is 6.07 Å². The van der Waals surface area contributed by atoms with E-state index in [2.05, 4.69) is 10.2 Å². The molecule has 0 saturated heterocycles. The van der Waals surface area contributed by atoms with Gasteiger partial charge in [-0.2, -0.15) is 0 Å². The minimum absolute atomic E-state index is 0.0701. The number of nitro groups is 1. The number of hydrogen-bond acceptors (Lipinski definition) is 4. The van der Waals surface area contributed by atoms with Crippen molar-refractivity contribution in [2.24, 2.45) is 5.73 Å². The van der Waals surface area contributed by atoms with E-state index in [0.717, 1.165) is 12.8 Å². The van der Waals surface area contributed by atoms with Crippen molar-refractivity contribution < 1.29 is 4.92 Å². The average molecular weight is 182 g/mol. The van der Waals surface area contributed by atoms with Gasteiger partial charge in [-0.3, -0.25) is 0 Å². The van der Waals surface area contributed by atoms with E-state index < -0.39 is 4.92 Å². The molecule has 0 atom stereocenters. The second-order valence-electron chi connectivity index (χ2n) is 3.54. The van der Waals surface area contributed by atoms with E-state index in [-0.39, 0.29) is 11.4 Å². The molecule has 0 aliphatic heterocycles. The third-order valence-electron chi connectivity index (χ3n) is 2.24. The van der Waals surface area contributed by atoms with Crippen LogP contribution in [0.5, 0.6) is 0 Å². The first kappa shape index (κ1) is 8.18. The second-order valence-corrected chi connectivity index (χ2v) is 3.54. The summed E-state index contributed by atoms with van der Waals surface area (Å²) in [7, 11) is 0. The summed E-state index contributed by atoms with van der Waals surface area (Å²) >= 11 is 0. The number of nitrogens with zero attached hydrogens (tertiary/aromatic N) is 2. The maximum absolute atomic E-state index is 10.3. The molecule has 0 bridgehead atoms. The summed E-state index contributed by atoms with van der Waals surface area (Å²) in [5.74, 6) is -0.0701. The number of aromatic nitrogens is 2. The van der Waals surface area contributed by atoms with Gasteiger partial charge < -0.3 is 15.8 Å². The molecule has 1 fully saturated rings. The maximum Gasteiger partial charge on any atom is 0.342 e. The van der Waals surface area contributed by atoms with E-state index in [0.29, 0.717) is 12.1 Å². The Hall–Kier alpha value is -1.43. The summed E-state index contributed by atoms with van der Waals surface area (Å²) in [6.07, 6.45) is 2.58. The third kappa shape index (κ3) is 1.67. The number of nitrogens with one attached hydrogen (secondary N) is 1. The van der Waals surface area contributed by atoms with Crippen LogP contribution in [-0.4, -0.2) is 20.7 Å². The highest BCUT2D eigenvalue weighted by atomic mass is 16.6. The predicted molar refractivity (Wildman–Crippen MR) is 45.1 cm³/mol. The van der Waals surface area contributed by atoms with E-state index in [9.17, 15) is 10.1 Å². The number of hydrogen-bond donors (Lipinski definition) is 2. The van der Waals surface area contributed by atoms with Crippen molar-refractivity contribution in [2.45, 2.75) is 24.8 Å². The van der Waals surface area contributed by atoms with Crippen LogP contribution in [0.2, 0.25) is 0 Å². The smallest absolute Gasteiger partial charge is 0.342 e. The molecule has 70 valence electrons. The molecule has 1 heterocycles. The minimum Gasteiger partial charge on any atom is -0.358 e. The molecule has 2 rings (SSSR count). The summed E-state index contributed by atoms with van der Waals surface area (Å²) in [6, 6.07) is 1.44. The van der Waals surface area contributed by atoms with E-state index in [1.54, 1.807) is 0 Å². The topological polar surface area (TPSA) is 97.8 Å². The van der Waals surface area contributed by atoms with Crippen molar-refractivity contribution in [3.63, 3.8) is 0 Å². The molecule has 0 aromatic carbocycles. The second kappa shape index (κ2) is 2.53. The van der Waals surface area contributed by atoms with Gasteiger partial charge in [-0.25, -0.2) is 0 Å². The maximum atomic E-state index is 10.3. The van der Waals surface area contributed by atoms with Gasteiger partial charge in [0.2, 0.25) is 0 Å². The number of rotatable bonds is 3. The molecule has 0 radical (unpaired) electrons. The van der Waals surface area contributed by atoms with Gasteiger partial charge >= 0.3 is 5.82 Å². The summed E-state index contributed by atoms with van der Waals surface area (Å²) in [5, 5.41) is 16.5. The predicted octanol–water partition coefficient (Wildman–Crippen LogP) is 0.352. The zero-order chi connectivity index (χ0) is 9.47. The lowest BCUT2D eigenvalue weighted by molar-refractivity contribution is -0.389. The van der Waals surface area contributed by atoms with Crippen molar-refractivity contribution in [1.29, 1.82) is 0 Å². The minimum atomic E-state index is -0.493. The van der Waals surface area contributed by atoms with Crippen molar-refractivity contribution >= 4 is 5.82 Å². The van der Waals surface area contributed by atoms with Crippen LogP contribution < -0.4 is 5.73 Å². The molecule has 3 N–H and O–H groups in total. The molecule has 1 saturated carbocycles. The average Bonchev–Trinajstić information content (AvgIpc) is 2.62. The van der Waals surface area contributed by atoms with Crippen LogP contribution in [0.1, 0.15) is 18.5 Å². The third-order valence-corrected chi connectivity index (χ3v) is 2.24. The Morgan fingerprint density at radius 3 is 2.92 bits per heavy atom. The lowest BCUT2D eigenvalue weighted by Gasteiger charge is -2.02. The molecule has 1 aromatic rings. The first-order valence-electron chi connectivity index (χ1n) is 4.07. The van der Waals surface area contributed by atoms with Crippen LogP contribution in [-0.2, 0) is 6.42 Å².